The molecule has 1 aromatic heterocycles. The van der Waals surface area contributed by atoms with Gasteiger partial charge in [-0.1, -0.05) is 41.4 Å². The molecule has 2 aromatic carbocycles. The second kappa shape index (κ2) is 6.36. The van der Waals surface area contributed by atoms with E-state index < -0.39 is 0 Å². The number of H-pyrrole nitrogens is 1. The summed E-state index contributed by atoms with van der Waals surface area (Å²) < 4.78 is 5.37. The van der Waals surface area contributed by atoms with E-state index in [4.69, 9.17) is 33.7 Å². The zero-order valence-electron chi connectivity index (χ0n) is 12.1. The molecular formula is C15H13Cl2N5O. The molecule has 0 atom stereocenters. The van der Waals surface area contributed by atoms with Crippen molar-refractivity contribution in [2.45, 2.75) is 0 Å². The van der Waals surface area contributed by atoms with Gasteiger partial charge in [-0.25, -0.2) is 5.10 Å². The van der Waals surface area contributed by atoms with E-state index >= 15 is 0 Å². The van der Waals surface area contributed by atoms with Gasteiger partial charge in [0.2, 0.25) is 11.9 Å². The number of anilines is 3. The molecular weight excluding hydrogens is 337 g/mol. The van der Waals surface area contributed by atoms with E-state index in [1.165, 1.54) is 0 Å². The lowest BCUT2D eigenvalue weighted by atomic mass is 10.0. The van der Waals surface area contributed by atoms with Crippen molar-refractivity contribution in [2.24, 2.45) is 0 Å². The first-order valence-corrected chi connectivity index (χ1v) is 7.41. The summed E-state index contributed by atoms with van der Waals surface area (Å²) in [6.45, 7) is 0. The van der Waals surface area contributed by atoms with E-state index in [0.29, 0.717) is 33.0 Å². The van der Waals surface area contributed by atoms with Crippen molar-refractivity contribution in [3.8, 4) is 16.9 Å². The first-order chi connectivity index (χ1) is 11.1. The van der Waals surface area contributed by atoms with Gasteiger partial charge in [-0.3, -0.25) is 0 Å². The predicted molar refractivity (Wildman–Crippen MR) is 92.5 cm³/mol. The average molecular weight is 350 g/mol. The summed E-state index contributed by atoms with van der Waals surface area (Å²) in [5, 5.41) is 10.4. The fourth-order valence-electron chi connectivity index (χ4n) is 2.21. The topological polar surface area (TPSA) is 88.8 Å². The maximum atomic E-state index is 6.42. The molecule has 0 aliphatic carbocycles. The van der Waals surface area contributed by atoms with Crippen LogP contribution in [0.25, 0.3) is 11.1 Å². The average Bonchev–Trinajstić information content (AvgIpc) is 2.92. The van der Waals surface area contributed by atoms with Crippen LogP contribution in [0.5, 0.6) is 5.75 Å². The van der Waals surface area contributed by atoms with E-state index in [9.17, 15) is 0 Å². The molecule has 0 amide bonds. The minimum atomic E-state index is 0.218. The summed E-state index contributed by atoms with van der Waals surface area (Å²) >= 11 is 12.8. The smallest absolute Gasteiger partial charge is 0.248 e. The van der Waals surface area contributed by atoms with E-state index in [1.54, 1.807) is 19.2 Å². The van der Waals surface area contributed by atoms with Crippen LogP contribution in [0.4, 0.5) is 17.6 Å². The molecule has 1 heterocycles. The summed E-state index contributed by atoms with van der Waals surface area (Å²) in [4.78, 5) is 3.97. The fraction of sp³-hybridized carbons (Fsp3) is 0.0667. The summed E-state index contributed by atoms with van der Waals surface area (Å²) in [6.07, 6.45) is 0. The van der Waals surface area contributed by atoms with Gasteiger partial charge in [0.25, 0.3) is 0 Å². The monoisotopic (exact) mass is 349 g/mol. The number of nitrogens with two attached hydrogens (primary N) is 1. The lowest BCUT2D eigenvalue weighted by molar-refractivity contribution is 0.416. The highest BCUT2D eigenvalue weighted by atomic mass is 35.5. The maximum absolute atomic E-state index is 6.42. The molecule has 0 saturated heterocycles. The van der Waals surface area contributed by atoms with Gasteiger partial charge >= 0.3 is 0 Å². The zero-order chi connectivity index (χ0) is 16.4. The number of aromatic amines is 1. The number of ether oxygens (including phenoxy) is 1. The number of halogens is 2. The van der Waals surface area contributed by atoms with E-state index in [2.05, 4.69) is 20.5 Å². The third-order valence-corrected chi connectivity index (χ3v) is 3.77. The molecule has 23 heavy (non-hydrogen) atoms. The largest absolute Gasteiger partial charge is 0.496 e. The first kappa shape index (κ1) is 15.5. The molecule has 118 valence electrons. The van der Waals surface area contributed by atoms with Gasteiger partial charge in [0, 0.05) is 16.8 Å². The van der Waals surface area contributed by atoms with Crippen molar-refractivity contribution in [3.05, 3.63) is 46.4 Å². The van der Waals surface area contributed by atoms with E-state index in [-0.39, 0.29) is 5.95 Å². The van der Waals surface area contributed by atoms with Crippen LogP contribution < -0.4 is 15.8 Å². The van der Waals surface area contributed by atoms with Gasteiger partial charge in [-0.2, -0.15) is 4.98 Å². The molecule has 0 fully saturated rings. The number of nitrogen functional groups attached to an aromatic ring is 1. The summed E-state index contributed by atoms with van der Waals surface area (Å²) in [5.41, 5.74) is 7.66. The quantitative estimate of drug-likeness (QED) is 0.659. The number of methoxy groups -OCH3 is 1. The van der Waals surface area contributed by atoms with Crippen LogP contribution in [0.1, 0.15) is 0 Å². The highest BCUT2D eigenvalue weighted by Gasteiger charge is 2.15. The van der Waals surface area contributed by atoms with Crippen LogP contribution in [0, 0.1) is 0 Å². The number of nitrogens with one attached hydrogen (secondary N) is 2. The number of hydrogen-bond acceptors (Lipinski definition) is 5. The van der Waals surface area contributed by atoms with Gasteiger partial charge in [0.05, 0.1) is 17.2 Å². The molecule has 0 saturated carbocycles. The first-order valence-electron chi connectivity index (χ1n) is 6.66. The lowest BCUT2D eigenvalue weighted by Gasteiger charge is -2.13. The maximum Gasteiger partial charge on any atom is 0.248 e. The van der Waals surface area contributed by atoms with Crippen molar-refractivity contribution in [3.63, 3.8) is 0 Å². The Morgan fingerprint density at radius 3 is 2.48 bits per heavy atom. The van der Waals surface area contributed by atoms with Crippen LogP contribution in [-0.2, 0) is 0 Å². The summed E-state index contributed by atoms with van der Waals surface area (Å²) in [5.74, 6) is 1.24. The SMILES string of the molecule is COc1ccccc1-c1c(Cl)cc(Nc2n[nH]c(N)n2)cc1Cl. The zero-order valence-corrected chi connectivity index (χ0v) is 13.6. The van der Waals surface area contributed by atoms with Crippen molar-refractivity contribution >= 4 is 40.8 Å². The van der Waals surface area contributed by atoms with Crippen LogP contribution >= 0.6 is 23.2 Å². The number of aromatic nitrogens is 3. The fourth-order valence-corrected chi connectivity index (χ4v) is 2.90. The second-order valence-corrected chi connectivity index (χ2v) is 5.50. The number of hydrogen-bond donors (Lipinski definition) is 3. The minimum Gasteiger partial charge on any atom is -0.496 e. The molecule has 6 nitrogen and oxygen atoms in total. The number of nitrogens with zero attached hydrogens (tertiary/aromatic N) is 2. The molecule has 0 aliphatic heterocycles. The molecule has 0 unspecified atom stereocenters. The van der Waals surface area contributed by atoms with Crippen molar-refractivity contribution < 1.29 is 4.74 Å². The number of benzene rings is 2. The van der Waals surface area contributed by atoms with Gasteiger partial charge in [-0.15, -0.1) is 5.10 Å². The van der Waals surface area contributed by atoms with E-state index in [1.807, 2.05) is 24.3 Å². The Morgan fingerprint density at radius 2 is 1.87 bits per heavy atom. The highest BCUT2D eigenvalue weighted by Crippen LogP contribution is 2.41. The van der Waals surface area contributed by atoms with Crippen LogP contribution in [-0.4, -0.2) is 22.3 Å². The van der Waals surface area contributed by atoms with Crippen molar-refractivity contribution in [1.82, 2.24) is 15.2 Å². The third-order valence-electron chi connectivity index (χ3n) is 3.18. The van der Waals surface area contributed by atoms with Crippen LogP contribution in [0.3, 0.4) is 0 Å². The molecule has 0 spiro atoms. The molecule has 8 heteroatoms. The van der Waals surface area contributed by atoms with Gasteiger partial charge in [0.15, 0.2) is 0 Å². The molecule has 0 aliphatic rings. The van der Waals surface area contributed by atoms with Crippen LogP contribution in [0.2, 0.25) is 10.0 Å². The standard InChI is InChI=1S/C15H13Cl2N5O/c1-23-12-5-3-2-4-9(12)13-10(16)6-8(7-11(13)17)19-15-20-14(18)21-22-15/h2-7H,1H3,(H4,18,19,20,21,22). The number of rotatable bonds is 4. The Bertz CT molecular complexity index is 826. The van der Waals surface area contributed by atoms with Gasteiger partial charge < -0.3 is 15.8 Å². The predicted octanol–water partition coefficient (Wildman–Crippen LogP) is 4.11. The molecule has 0 bridgehead atoms. The second-order valence-electron chi connectivity index (χ2n) is 4.68. The van der Waals surface area contributed by atoms with Gasteiger partial charge in [-0.05, 0) is 18.2 Å². The summed E-state index contributed by atoms with van der Waals surface area (Å²) in [7, 11) is 1.60. The molecule has 3 rings (SSSR count). The Kier molecular flexibility index (Phi) is 4.27. The Hall–Kier alpha value is -2.44. The molecule has 3 aromatic rings. The van der Waals surface area contributed by atoms with Crippen molar-refractivity contribution in [1.29, 1.82) is 0 Å². The molecule has 0 radical (unpaired) electrons. The Morgan fingerprint density at radius 1 is 1.17 bits per heavy atom. The number of para-hydroxylation sites is 1. The van der Waals surface area contributed by atoms with Crippen LogP contribution in [0.15, 0.2) is 36.4 Å². The highest BCUT2D eigenvalue weighted by molar-refractivity contribution is 6.39. The normalized spacial score (nSPS) is 10.6. The Balaban J connectivity index is 2.00. The van der Waals surface area contributed by atoms with E-state index in [0.717, 1.165) is 5.56 Å². The molecule has 4 N–H and O–H groups in total. The van der Waals surface area contributed by atoms with Crippen molar-refractivity contribution in [2.75, 3.05) is 18.2 Å². The third kappa shape index (κ3) is 3.18. The summed E-state index contributed by atoms with van der Waals surface area (Å²) in [6, 6.07) is 11.0. The minimum absolute atomic E-state index is 0.218. The lowest BCUT2D eigenvalue weighted by Crippen LogP contribution is -1.95. The van der Waals surface area contributed by atoms with Gasteiger partial charge in [0.1, 0.15) is 5.75 Å². The Labute approximate surface area is 142 Å².